The largest absolute Gasteiger partial charge is 0.345 e. The SMILES string of the molecule is Cc1c(C(=O)N[C@H](C)c2ccc(F)c(F)c2)cnn1-c1ccccn1. The average molecular weight is 342 g/mol. The standard InChI is InChI=1S/C18H16F2N4O/c1-11(13-6-7-15(19)16(20)9-13)23-18(25)14-10-22-24(12(14)2)17-5-3-4-8-21-17/h3-11H,1-2H3,(H,23,25)/t11-/m1/s1. The summed E-state index contributed by atoms with van der Waals surface area (Å²) in [7, 11) is 0. The molecule has 0 unspecified atom stereocenters. The van der Waals surface area contributed by atoms with Gasteiger partial charge in [-0.1, -0.05) is 12.1 Å². The molecule has 0 fully saturated rings. The second-order valence-electron chi connectivity index (χ2n) is 5.61. The maximum absolute atomic E-state index is 13.3. The van der Waals surface area contributed by atoms with Crippen LogP contribution < -0.4 is 5.32 Å². The van der Waals surface area contributed by atoms with Crippen LogP contribution in [0.5, 0.6) is 0 Å². The normalized spacial score (nSPS) is 12.0. The number of carbonyl (C=O) groups excluding carboxylic acids is 1. The first-order valence-electron chi connectivity index (χ1n) is 7.69. The van der Waals surface area contributed by atoms with E-state index < -0.39 is 17.7 Å². The van der Waals surface area contributed by atoms with E-state index in [0.717, 1.165) is 12.1 Å². The molecule has 3 aromatic rings. The van der Waals surface area contributed by atoms with Crippen LogP contribution in [-0.2, 0) is 0 Å². The smallest absolute Gasteiger partial charge is 0.255 e. The van der Waals surface area contributed by atoms with Gasteiger partial charge in [-0.15, -0.1) is 0 Å². The van der Waals surface area contributed by atoms with E-state index in [0.29, 0.717) is 22.6 Å². The molecule has 3 rings (SSSR count). The van der Waals surface area contributed by atoms with Crippen LogP contribution in [0.2, 0.25) is 0 Å². The predicted octanol–water partition coefficient (Wildman–Crippen LogP) is 3.34. The van der Waals surface area contributed by atoms with Crippen molar-refractivity contribution in [2.45, 2.75) is 19.9 Å². The molecule has 0 aliphatic rings. The maximum atomic E-state index is 13.3. The zero-order valence-corrected chi connectivity index (χ0v) is 13.7. The Balaban J connectivity index is 1.80. The van der Waals surface area contributed by atoms with E-state index in [9.17, 15) is 13.6 Å². The van der Waals surface area contributed by atoms with Gasteiger partial charge in [0.25, 0.3) is 5.91 Å². The van der Waals surface area contributed by atoms with E-state index in [1.807, 2.05) is 6.07 Å². The first-order chi connectivity index (χ1) is 12.0. The number of halogens is 2. The van der Waals surface area contributed by atoms with Crippen LogP contribution in [0.4, 0.5) is 8.78 Å². The third-order valence-corrected chi connectivity index (χ3v) is 3.91. The van der Waals surface area contributed by atoms with E-state index in [4.69, 9.17) is 0 Å². The Labute approximate surface area is 143 Å². The van der Waals surface area contributed by atoms with Gasteiger partial charge in [0.1, 0.15) is 0 Å². The molecule has 1 aromatic carbocycles. The fraction of sp³-hybridized carbons (Fsp3) is 0.167. The first-order valence-corrected chi connectivity index (χ1v) is 7.69. The molecule has 1 N–H and O–H groups in total. The number of rotatable bonds is 4. The van der Waals surface area contributed by atoms with Gasteiger partial charge in [-0.2, -0.15) is 5.10 Å². The van der Waals surface area contributed by atoms with Gasteiger partial charge in [-0.05, 0) is 43.7 Å². The van der Waals surface area contributed by atoms with Crippen molar-refractivity contribution in [3.05, 3.63) is 77.2 Å². The van der Waals surface area contributed by atoms with Crippen molar-refractivity contribution in [3.63, 3.8) is 0 Å². The van der Waals surface area contributed by atoms with E-state index >= 15 is 0 Å². The molecule has 0 aliphatic carbocycles. The van der Waals surface area contributed by atoms with Crippen molar-refractivity contribution in [1.29, 1.82) is 0 Å². The van der Waals surface area contributed by atoms with Crippen LogP contribution in [0.1, 0.15) is 34.6 Å². The zero-order chi connectivity index (χ0) is 18.0. The molecule has 0 bridgehead atoms. The third kappa shape index (κ3) is 3.40. The van der Waals surface area contributed by atoms with Gasteiger partial charge in [0, 0.05) is 6.20 Å². The molecule has 0 radical (unpaired) electrons. The summed E-state index contributed by atoms with van der Waals surface area (Å²) in [5, 5.41) is 6.96. The highest BCUT2D eigenvalue weighted by atomic mass is 19.2. The van der Waals surface area contributed by atoms with Crippen LogP contribution >= 0.6 is 0 Å². The molecular weight excluding hydrogens is 326 g/mol. The third-order valence-electron chi connectivity index (χ3n) is 3.91. The summed E-state index contributed by atoms with van der Waals surface area (Å²) in [6, 6.07) is 8.47. The summed E-state index contributed by atoms with van der Waals surface area (Å²) in [6.45, 7) is 3.46. The fourth-order valence-corrected chi connectivity index (χ4v) is 2.48. The van der Waals surface area contributed by atoms with Gasteiger partial charge >= 0.3 is 0 Å². The van der Waals surface area contributed by atoms with Crippen molar-refractivity contribution in [3.8, 4) is 5.82 Å². The van der Waals surface area contributed by atoms with Crippen LogP contribution in [0.25, 0.3) is 5.82 Å². The number of hydrogen-bond donors (Lipinski definition) is 1. The second kappa shape index (κ2) is 6.80. The number of hydrogen-bond acceptors (Lipinski definition) is 3. The summed E-state index contributed by atoms with van der Waals surface area (Å²) in [5.41, 5.74) is 1.50. The molecule has 25 heavy (non-hydrogen) atoms. The summed E-state index contributed by atoms with van der Waals surface area (Å²) in [5.74, 6) is -1.61. The van der Waals surface area contributed by atoms with E-state index in [1.54, 1.807) is 36.9 Å². The molecule has 0 spiro atoms. The molecular formula is C18H16F2N4O. The predicted molar refractivity (Wildman–Crippen MR) is 88.3 cm³/mol. The lowest BCUT2D eigenvalue weighted by atomic mass is 10.1. The van der Waals surface area contributed by atoms with Gasteiger partial charge in [0.05, 0.1) is 23.5 Å². The Hall–Kier alpha value is -3.09. The Bertz CT molecular complexity index is 909. The molecule has 7 heteroatoms. The number of benzene rings is 1. The minimum atomic E-state index is -0.947. The summed E-state index contributed by atoms with van der Waals surface area (Å²) in [6.07, 6.45) is 3.10. The van der Waals surface area contributed by atoms with Gasteiger partial charge < -0.3 is 5.32 Å². The Morgan fingerprint density at radius 1 is 1.20 bits per heavy atom. The first kappa shape index (κ1) is 16.8. The Morgan fingerprint density at radius 3 is 2.68 bits per heavy atom. The highest BCUT2D eigenvalue weighted by Gasteiger charge is 2.18. The average Bonchev–Trinajstić information content (AvgIpc) is 2.99. The number of amides is 1. The van der Waals surface area contributed by atoms with Crippen LogP contribution in [0.15, 0.2) is 48.8 Å². The van der Waals surface area contributed by atoms with Crippen molar-refractivity contribution < 1.29 is 13.6 Å². The molecule has 0 aliphatic heterocycles. The molecule has 2 aromatic heterocycles. The number of pyridine rings is 1. The number of carbonyl (C=O) groups is 1. The summed E-state index contributed by atoms with van der Waals surface area (Å²) >= 11 is 0. The number of nitrogens with zero attached hydrogens (tertiary/aromatic N) is 3. The van der Waals surface area contributed by atoms with Gasteiger partial charge in [-0.3, -0.25) is 4.79 Å². The van der Waals surface area contributed by atoms with Crippen LogP contribution in [-0.4, -0.2) is 20.7 Å². The van der Waals surface area contributed by atoms with Crippen LogP contribution in [0, 0.1) is 18.6 Å². The lowest BCUT2D eigenvalue weighted by Crippen LogP contribution is -2.27. The molecule has 0 saturated heterocycles. The topological polar surface area (TPSA) is 59.8 Å². The van der Waals surface area contributed by atoms with Crippen molar-refractivity contribution in [2.24, 2.45) is 0 Å². The lowest BCUT2D eigenvalue weighted by Gasteiger charge is -2.14. The van der Waals surface area contributed by atoms with E-state index in [1.165, 1.54) is 12.3 Å². The number of aromatic nitrogens is 3. The molecule has 1 amide bonds. The van der Waals surface area contributed by atoms with E-state index in [-0.39, 0.29) is 5.91 Å². The van der Waals surface area contributed by atoms with Crippen molar-refractivity contribution in [1.82, 2.24) is 20.1 Å². The minimum Gasteiger partial charge on any atom is -0.345 e. The monoisotopic (exact) mass is 342 g/mol. The highest BCUT2D eigenvalue weighted by molar-refractivity contribution is 5.95. The van der Waals surface area contributed by atoms with Crippen molar-refractivity contribution in [2.75, 3.05) is 0 Å². The minimum absolute atomic E-state index is 0.350. The van der Waals surface area contributed by atoms with Crippen molar-refractivity contribution >= 4 is 5.91 Å². The lowest BCUT2D eigenvalue weighted by molar-refractivity contribution is 0.0939. The molecule has 2 heterocycles. The quantitative estimate of drug-likeness (QED) is 0.791. The zero-order valence-electron chi connectivity index (χ0n) is 13.7. The molecule has 0 saturated carbocycles. The highest BCUT2D eigenvalue weighted by Crippen LogP contribution is 2.18. The maximum Gasteiger partial charge on any atom is 0.255 e. The summed E-state index contributed by atoms with van der Waals surface area (Å²) in [4.78, 5) is 16.7. The van der Waals surface area contributed by atoms with Crippen LogP contribution in [0.3, 0.4) is 0 Å². The second-order valence-corrected chi connectivity index (χ2v) is 5.61. The molecule has 5 nitrogen and oxygen atoms in total. The molecule has 128 valence electrons. The van der Waals surface area contributed by atoms with Gasteiger partial charge in [0.15, 0.2) is 17.5 Å². The number of nitrogens with one attached hydrogen (secondary N) is 1. The Morgan fingerprint density at radius 2 is 2.00 bits per heavy atom. The summed E-state index contributed by atoms with van der Waals surface area (Å²) < 4.78 is 27.9. The van der Waals surface area contributed by atoms with Gasteiger partial charge in [0.2, 0.25) is 0 Å². The fourth-order valence-electron chi connectivity index (χ4n) is 2.48. The van der Waals surface area contributed by atoms with E-state index in [2.05, 4.69) is 15.4 Å². The Kier molecular flexibility index (Phi) is 4.56. The molecule has 1 atom stereocenters. The van der Waals surface area contributed by atoms with Gasteiger partial charge in [-0.25, -0.2) is 18.4 Å².